The summed E-state index contributed by atoms with van der Waals surface area (Å²) in [7, 11) is 0. The fourth-order valence-corrected chi connectivity index (χ4v) is 1.44. The third kappa shape index (κ3) is 2.26. The van der Waals surface area contributed by atoms with Gasteiger partial charge in [0, 0.05) is 22.8 Å². The number of hydrogen-bond donors (Lipinski definition) is 1. The number of phenolic OH excluding ortho intramolecular Hbond substituents is 1. The van der Waals surface area contributed by atoms with Crippen LogP contribution in [0.15, 0.2) is 17.1 Å². The second-order valence-electron chi connectivity index (χ2n) is 3.18. The average Bonchev–Trinajstić information content (AvgIpc) is 2.11. The van der Waals surface area contributed by atoms with Crippen molar-refractivity contribution in [1.82, 2.24) is 0 Å². The lowest BCUT2D eigenvalue weighted by Gasteiger charge is -2.06. The highest BCUT2D eigenvalue weighted by Gasteiger charge is 2.07. The molecule has 0 aliphatic carbocycles. The summed E-state index contributed by atoms with van der Waals surface area (Å²) in [5.41, 5.74) is 2.39. The Kier molecular flexibility index (Phi) is 3.53. The van der Waals surface area contributed by atoms with Gasteiger partial charge in [-0.05, 0) is 38.5 Å². The van der Waals surface area contributed by atoms with E-state index in [4.69, 9.17) is 11.6 Å². The lowest BCUT2D eigenvalue weighted by atomic mass is 10.1. The zero-order valence-electron chi connectivity index (χ0n) is 8.63. The Hall–Kier alpha value is -1.02. The summed E-state index contributed by atoms with van der Waals surface area (Å²) in [6.07, 6.45) is 0. The number of rotatable bonds is 2. The molecular formula is C11H14ClNO. The number of halogens is 1. The molecule has 1 rings (SSSR count). The molecule has 2 nitrogen and oxygen atoms in total. The molecule has 0 heterocycles. The molecule has 0 saturated heterocycles. The zero-order valence-corrected chi connectivity index (χ0v) is 9.39. The Morgan fingerprint density at radius 1 is 1.50 bits per heavy atom. The van der Waals surface area contributed by atoms with Gasteiger partial charge in [-0.1, -0.05) is 11.6 Å². The summed E-state index contributed by atoms with van der Waals surface area (Å²) in [4.78, 5) is 4.22. The van der Waals surface area contributed by atoms with Gasteiger partial charge in [0.2, 0.25) is 0 Å². The van der Waals surface area contributed by atoms with Crippen LogP contribution >= 0.6 is 11.6 Å². The van der Waals surface area contributed by atoms with Crippen LogP contribution in [-0.2, 0) is 0 Å². The second-order valence-corrected chi connectivity index (χ2v) is 3.59. The van der Waals surface area contributed by atoms with Crippen molar-refractivity contribution in [2.75, 3.05) is 6.54 Å². The van der Waals surface area contributed by atoms with Crippen LogP contribution < -0.4 is 0 Å². The average molecular weight is 212 g/mol. The van der Waals surface area contributed by atoms with E-state index >= 15 is 0 Å². The number of aliphatic imine (C=N–C) groups is 1. The molecule has 3 heteroatoms. The van der Waals surface area contributed by atoms with Crippen LogP contribution in [0.1, 0.15) is 25.0 Å². The van der Waals surface area contributed by atoms with Crippen LogP contribution in [0, 0.1) is 6.92 Å². The molecule has 0 bridgehead atoms. The predicted octanol–water partition coefficient (Wildman–Crippen LogP) is 3.18. The maximum atomic E-state index is 9.67. The lowest BCUT2D eigenvalue weighted by Crippen LogP contribution is -1.97. The monoisotopic (exact) mass is 211 g/mol. The Morgan fingerprint density at radius 2 is 2.14 bits per heavy atom. The normalized spacial score (nSPS) is 11.9. The Balaban J connectivity index is 3.22. The first kappa shape index (κ1) is 11.1. The van der Waals surface area contributed by atoms with Crippen molar-refractivity contribution in [3.8, 4) is 5.75 Å². The summed E-state index contributed by atoms with van der Waals surface area (Å²) >= 11 is 5.96. The van der Waals surface area contributed by atoms with Gasteiger partial charge in [-0.3, -0.25) is 4.99 Å². The van der Waals surface area contributed by atoms with Crippen LogP contribution in [0.3, 0.4) is 0 Å². The van der Waals surface area contributed by atoms with E-state index in [0.717, 1.165) is 11.3 Å². The molecule has 76 valence electrons. The number of benzene rings is 1. The van der Waals surface area contributed by atoms with Crippen LogP contribution in [-0.4, -0.2) is 17.4 Å². The third-order valence-electron chi connectivity index (χ3n) is 2.06. The SMILES string of the molecule is CCN=C(C)c1cc(Cl)c(C)cc1O. The highest BCUT2D eigenvalue weighted by Crippen LogP contribution is 2.26. The quantitative estimate of drug-likeness (QED) is 0.749. The Morgan fingerprint density at radius 3 is 2.71 bits per heavy atom. The molecule has 1 aromatic rings. The molecule has 1 N–H and O–H groups in total. The van der Waals surface area contributed by atoms with Gasteiger partial charge in [-0.2, -0.15) is 0 Å². The molecule has 14 heavy (non-hydrogen) atoms. The van der Waals surface area contributed by atoms with Crippen molar-refractivity contribution in [1.29, 1.82) is 0 Å². The number of aryl methyl sites for hydroxylation is 1. The van der Waals surface area contributed by atoms with Gasteiger partial charge in [0.1, 0.15) is 5.75 Å². The standard InChI is InChI=1S/C11H14ClNO/c1-4-13-8(3)9-6-10(12)7(2)5-11(9)14/h5-6,14H,4H2,1-3H3. The summed E-state index contributed by atoms with van der Waals surface area (Å²) in [6, 6.07) is 3.41. The minimum absolute atomic E-state index is 0.238. The molecule has 0 fully saturated rings. The van der Waals surface area contributed by atoms with Crippen LogP contribution in [0.2, 0.25) is 5.02 Å². The first-order valence-corrected chi connectivity index (χ1v) is 4.94. The van der Waals surface area contributed by atoms with Crippen molar-refractivity contribution >= 4 is 17.3 Å². The fraction of sp³-hybridized carbons (Fsp3) is 0.364. The number of nitrogens with zero attached hydrogens (tertiary/aromatic N) is 1. The zero-order chi connectivity index (χ0) is 10.7. The topological polar surface area (TPSA) is 32.6 Å². The highest BCUT2D eigenvalue weighted by molar-refractivity contribution is 6.31. The molecule has 0 aliphatic rings. The lowest BCUT2D eigenvalue weighted by molar-refractivity contribution is 0.473. The largest absolute Gasteiger partial charge is 0.507 e. The molecule has 0 aromatic heterocycles. The van der Waals surface area contributed by atoms with E-state index in [-0.39, 0.29) is 5.75 Å². The van der Waals surface area contributed by atoms with Gasteiger partial charge in [-0.25, -0.2) is 0 Å². The number of hydrogen-bond acceptors (Lipinski definition) is 2. The molecule has 0 unspecified atom stereocenters. The molecule has 0 amide bonds. The van der Waals surface area contributed by atoms with Gasteiger partial charge >= 0.3 is 0 Å². The van der Waals surface area contributed by atoms with Crippen molar-refractivity contribution in [2.45, 2.75) is 20.8 Å². The second kappa shape index (κ2) is 4.47. The van der Waals surface area contributed by atoms with E-state index < -0.39 is 0 Å². The summed E-state index contributed by atoms with van der Waals surface area (Å²) in [5, 5.41) is 10.3. The van der Waals surface area contributed by atoms with Crippen LogP contribution in [0.5, 0.6) is 5.75 Å². The van der Waals surface area contributed by atoms with Crippen molar-refractivity contribution < 1.29 is 5.11 Å². The van der Waals surface area contributed by atoms with Gasteiger partial charge in [-0.15, -0.1) is 0 Å². The maximum Gasteiger partial charge on any atom is 0.124 e. The smallest absolute Gasteiger partial charge is 0.124 e. The fourth-order valence-electron chi connectivity index (χ4n) is 1.28. The maximum absolute atomic E-state index is 9.67. The molecule has 0 aliphatic heterocycles. The van der Waals surface area contributed by atoms with Gasteiger partial charge < -0.3 is 5.11 Å². The van der Waals surface area contributed by atoms with Crippen LogP contribution in [0.4, 0.5) is 0 Å². The van der Waals surface area contributed by atoms with Gasteiger partial charge in [0.05, 0.1) is 0 Å². The van der Waals surface area contributed by atoms with Crippen molar-refractivity contribution in [3.05, 3.63) is 28.3 Å². The first-order chi connectivity index (χ1) is 6.56. The van der Waals surface area contributed by atoms with Gasteiger partial charge in [0.25, 0.3) is 0 Å². The molecule has 1 aromatic carbocycles. The molecule has 0 atom stereocenters. The Bertz CT molecular complexity index is 372. The number of phenols is 1. The highest BCUT2D eigenvalue weighted by atomic mass is 35.5. The third-order valence-corrected chi connectivity index (χ3v) is 2.47. The van der Waals surface area contributed by atoms with E-state index in [1.54, 1.807) is 12.1 Å². The predicted molar refractivity (Wildman–Crippen MR) is 60.6 cm³/mol. The summed E-state index contributed by atoms with van der Waals surface area (Å²) in [6.45, 7) is 6.38. The molecule has 0 radical (unpaired) electrons. The number of aromatic hydroxyl groups is 1. The summed E-state index contributed by atoms with van der Waals surface area (Å²) in [5.74, 6) is 0.238. The minimum atomic E-state index is 0.238. The first-order valence-electron chi connectivity index (χ1n) is 4.56. The van der Waals surface area contributed by atoms with E-state index in [1.807, 2.05) is 20.8 Å². The summed E-state index contributed by atoms with van der Waals surface area (Å²) < 4.78 is 0. The molecular weight excluding hydrogens is 198 g/mol. The van der Waals surface area contributed by atoms with Crippen molar-refractivity contribution in [2.24, 2.45) is 4.99 Å². The van der Waals surface area contributed by atoms with E-state index in [0.29, 0.717) is 17.1 Å². The minimum Gasteiger partial charge on any atom is -0.507 e. The van der Waals surface area contributed by atoms with E-state index in [1.165, 1.54) is 0 Å². The molecule has 0 saturated carbocycles. The van der Waals surface area contributed by atoms with Gasteiger partial charge in [0.15, 0.2) is 0 Å². The van der Waals surface area contributed by atoms with Crippen LogP contribution in [0.25, 0.3) is 0 Å². The van der Waals surface area contributed by atoms with Crippen molar-refractivity contribution in [3.63, 3.8) is 0 Å². The molecule has 0 spiro atoms. The Labute approximate surface area is 89.2 Å². The van der Waals surface area contributed by atoms with E-state index in [9.17, 15) is 5.11 Å². The van der Waals surface area contributed by atoms with E-state index in [2.05, 4.69) is 4.99 Å².